The first-order chi connectivity index (χ1) is 18.1. The normalized spacial score (nSPS) is 18.3. The zero-order valence-corrected chi connectivity index (χ0v) is 19.1. The fourth-order valence-corrected chi connectivity index (χ4v) is 4.00. The predicted molar refractivity (Wildman–Crippen MR) is 118 cm³/mol. The van der Waals surface area contributed by atoms with E-state index in [1.165, 1.54) is 6.08 Å². The molecule has 1 unspecified atom stereocenters. The van der Waals surface area contributed by atoms with Crippen LogP contribution in [0.4, 0.5) is 50.0 Å². The van der Waals surface area contributed by atoms with Gasteiger partial charge in [-0.3, -0.25) is 0 Å². The van der Waals surface area contributed by atoms with E-state index in [-0.39, 0.29) is 23.8 Å². The predicted octanol–water partition coefficient (Wildman–Crippen LogP) is 6.23. The van der Waals surface area contributed by atoms with Crippen LogP contribution in [0, 0.1) is 0 Å². The number of tetrazole rings is 1. The highest BCUT2D eigenvalue weighted by molar-refractivity contribution is 5.91. The molecular weight excluding hydrogens is 547 g/mol. The van der Waals surface area contributed by atoms with Crippen LogP contribution in [0.1, 0.15) is 28.9 Å². The van der Waals surface area contributed by atoms with Crippen molar-refractivity contribution in [2.45, 2.75) is 30.4 Å². The molecule has 2 aromatic carbocycles. The Hall–Kier alpha value is -4.37. The Morgan fingerprint density at radius 1 is 0.846 bits per heavy atom. The number of nitrogens with zero attached hydrogens (tertiary/aromatic N) is 3. The van der Waals surface area contributed by atoms with E-state index in [0.29, 0.717) is 5.56 Å². The highest BCUT2D eigenvalue weighted by atomic mass is 19.4. The third kappa shape index (κ3) is 5.58. The van der Waals surface area contributed by atoms with Gasteiger partial charge in [0.1, 0.15) is 0 Å². The third-order valence-corrected chi connectivity index (χ3v) is 5.82. The number of aromatic amines is 1. The van der Waals surface area contributed by atoms with Crippen LogP contribution in [0.25, 0.3) is 5.57 Å². The first kappa shape index (κ1) is 27.7. The number of carbonyl (C=O) groups excluding carboxylic acids is 1. The van der Waals surface area contributed by atoms with Crippen molar-refractivity contribution >= 4 is 17.3 Å². The van der Waals surface area contributed by atoms with E-state index in [1.54, 1.807) is 35.6 Å². The number of anilines is 1. The molecule has 7 nitrogen and oxygen atoms in total. The number of urea groups is 1. The van der Waals surface area contributed by atoms with Crippen molar-refractivity contribution in [2.24, 2.45) is 0 Å². The number of alkyl halides is 9. The quantitative estimate of drug-likeness (QED) is 0.329. The monoisotopic (exact) mass is 562 g/mol. The van der Waals surface area contributed by atoms with Crippen molar-refractivity contribution in [3.05, 3.63) is 88.9 Å². The Labute approximate surface area is 212 Å². The molecule has 39 heavy (non-hydrogen) atoms. The molecule has 0 aliphatic heterocycles. The maximum atomic E-state index is 14.7. The molecular formula is C23H15F9N6O. The minimum absolute atomic E-state index is 0.159. The van der Waals surface area contributed by atoms with Crippen LogP contribution in [0.2, 0.25) is 0 Å². The summed E-state index contributed by atoms with van der Waals surface area (Å²) < 4.78 is 123. The number of rotatable bonds is 4. The number of carbonyl (C=O) groups is 1. The SMILES string of the molecule is O=C(NC1=CC=C(c2ccccc2)CC1(c1nn[nH]n1)C(F)(F)F)Nc1cc(C(F)(F)F)cc(C(F)(F)F)c1. The Kier molecular flexibility index (Phi) is 6.91. The van der Waals surface area contributed by atoms with Gasteiger partial charge in [-0.05, 0) is 35.4 Å². The number of hydrogen-bond donors (Lipinski definition) is 3. The van der Waals surface area contributed by atoms with Crippen LogP contribution in [-0.4, -0.2) is 32.8 Å². The van der Waals surface area contributed by atoms with Crippen LogP contribution in [-0.2, 0) is 17.8 Å². The molecule has 0 saturated carbocycles. The molecule has 0 bridgehead atoms. The number of halogens is 9. The van der Waals surface area contributed by atoms with E-state index >= 15 is 0 Å². The molecule has 1 aromatic heterocycles. The minimum atomic E-state index is -5.21. The topological polar surface area (TPSA) is 95.6 Å². The Morgan fingerprint density at radius 3 is 1.97 bits per heavy atom. The second-order valence-electron chi connectivity index (χ2n) is 8.33. The lowest BCUT2D eigenvalue weighted by Gasteiger charge is -2.38. The van der Waals surface area contributed by atoms with E-state index < -0.39 is 64.7 Å². The van der Waals surface area contributed by atoms with E-state index in [4.69, 9.17) is 0 Å². The highest BCUT2D eigenvalue weighted by Crippen LogP contribution is 2.51. The lowest BCUT2D eigenvalue weighted by molar-refractivity contribution is -0.181. The van der Waals surface area contributed by atoms with Crippen molar-refractivity contribution in [1.82, 2.24) is 25.9 Å². The first-order valence-electron chi connectivity index (χ1n) is 10.8. The number of hydrogen-bond acceptors (Lipinski definition) is 4. The summed E-state index contributed by atoms with van der Waals surface area (Å²) in [5.41, 5.74) is -7.73. The number of aromatic nitrogens is 4. The fraction of sp³-hybridized carbons (Fsp3) is 0.217. The number of H-pyrrole nitrogens is 1. The number of amides is 2. The number of benzene rings is 2. The first-order valence-corrected chi connectivity index (χ1v) is 10.8. The van der Waals surface area contributed by atoms with Crippen LogP contribution in [0.15, 0.2) is 66.4 Å². The van der Waals surface area contributed by atoms with Gasteiger partial charge in [0.25, 0.3) is 0 Å². The van der Waals surface area contributed by atoms with Gasteiger partial charge < -0.3 is 10.6 Å². The summed E-state index contributed by atoms with van der Waals surface area (Å²) >= 11 is 0. The molecule has 4 rings (SSSR count). The Balaban J connectivity index is 1.74. The molecule has 16 heteroatoms. The van der Waals surface area contributed by atoms with Crippen molar-refractivity contribution in [3.63, 3.8) is 0 Å². The molecule has 1 aliphatic rings. The minimum Gasteiger partial charge on any atom is -0.310 e. The van der Waals surface area contributed by atoms with Crippen LogP contribution < -0.4 is 10.6 Å². The maximum Gasteiger partial charge on any atom is 0.416 e. The zero-order chi connectivity index (χ0) is 28.6. The van der Waals surface area contributed by atoms with Crippen molar-refractivity contribution in [1.29, 1.82) is 0 Å². The molecule has 1 heterocycles. The lowest BCUT2D eigenvalue weighted by atomic mass is 9.72. The Bertz CT molecular complexity index is 1380. The van der Waals surface area contributed by atoms with Gasteiger partial charge in [0.05, 0.1) is 11.1 Å². The van der Waals surface area contributed by atoms with Crippen LogP contribution in [0.5, 0.6) is 0 Å². The summed E-state index contributed by atoms with van der Waals surface area (Å²) in [6.45, 7) is 0. The van der Waals surface area contributed by atoms with E-state index in [2.05, 4.69) is 15.4 Å². The van der Waals surface area contributed by atoms with E-state index in [0.717, 1.165) is 6.08 Å². The molecule has 0 saturated heterocycles. The lowest BCUT2D eigenvalue weighted by Crippen LogP contribution is -2.51. The average molecular weight is 562 g/mol. The number of allylic oxidation sites excluding steroid dienone is 4. The second-order valence-corrected chi connectivity index (χ2v) is 8.33. The highest BCUT2D eigenvalue weighted by Gasteiger charge is 2.62. The second kappa shape index (κ2) is 9.74. The smallest absolute Gasteiger partial charge is 0.310 e. The van der Waals surface area contributed by atoms with Gasteiger partial charge in [-0.1, -0.05) is 41.6 Å². The molecule has 2 amide bonds. The van der Waals surface area contributed by atoms with E-state index in [1.807, 2.05) is 10.5 Å². The number of nitrogens with one attached hydrogen (secondary N) is 3. The molecule has 3 N–H and O–H groups in total. The fourth-order valence-electron chi connectivity index (χ4n) is 4.00. The summed E-state index contributed by atoms with van der Waals surface area (Å²) in [5.74, 6) is -0.874. The Morgan fingerprint density at radius 2 is 1.46 bits per heavy atom. The van der Waals surface area contributed by atoms with Gasteiger partial charge >= 0.3 is 24.6 Å². The van der Waals surface area contributed by atoms with E-state index in [9.17, 15) is 44.3 Å². The van der Waals surface area contributed by atoms with Gasteiger partial charge in [-0.25, -0.2) is 4.79 Å². The molecule has 3 aromatic rings. The van der Waals surface area contributed by atoms with Crippen molar-refractivity contribution < 1.29 is 44.3 Å². The molecule has 0 fully saturated rings. The maximum absolute atomic E-state index is 14.7. The van der Waals surface area contributed by atoms with Crippen molar-refractivity contribution in [3.8, 4) is 0 Å². The van der Waals surface area contributed by atoms with Crippen LogP contribution in [0.3, 0.4) is 0 Å². The van der Waals surface area contributed by atoms with Gasteiger partial charge in [-0.2, -0.15) is 44.7 Å². The summed E-state index contributed by atoms with van der Waals surface area (Å²) in [4.78, 5) is 12.7. The van der Waals surface area contributed by atoms with Gasteiger partial charge in [0.15, 0.2) is 11.2 Å². The van der Waals surface area contributed by atoms with Gasteiger partial charge in [-0.15, -0.1) is 10.2 Å². The third-order valence-electron chi connectivity index (χ3n) is 5.82. The summed E-state index contributed by atoms with van der Waals surface area (Å²) in [6.07, 6.45) is -14.2. The van der Waals surface area contributed by atoms with Gasteiger partial charge in [0.2, 0.25) is 0 Å². The summed E-state index contributed by atoms with van der Waals surface area (Å²) in [5, 5.41) is 15.7. The van der Waals surface area contributed by atoms with Crippen molar-refractivity contribution in [2.75, 3.05) is 5.32 Å². The average Bonchev–Trinajstić information content (AvgIpc) is 3.38. The molecule has 1 atom stereocenters. The molecule has 0 radical (unpaired) electrons. The van der Waals surface area contributed by atoms with Crippen LogP contribution >= 0.6 is 0 Å². The standard InChI is InChI=1S/C23H15F9N6O/c24-21(25,26)14-8-15(22(27,28)29)10-16(9-14)33-19(39)34-17-7-6-13(12-4-2-1-3-5-12)11-20(17,23(30,31)32)18-35-37-38-36-18/h1-10H,11H2,(H2,33,34,39)(H,35,36,37,38). The molecule has 206 valence electrons. The largest absolute Gasteiger partial charge is 0.416 e. The van der Waals surface area contributed by atoms with Gasteiger partial charge in [0, 0.05) is 17.8 Å². The summed E-state index contributed by atoms with van der Waals surface area (Å²) in [7, 11) is 0. The molecule has 0 spiro atoms. The zero-order valence-electron chi connectivity index (χ0n) is 19.1. The summed E-state index contributed by atoms with van der Waals surface area (Å²) in [6, 6.07) is 6.66. The molecule has 1 aliphatic carbocycles.